The lowest BCUT2D eigenvalue weighted by atomic mass is 10.1. The first-order chi connectivity index (χ1) is 13.5. The third-order valence-corrected chi connectivity index (χ3v) is 5.79. The first-order valence-electron chi connectivity index (χ1n) is 9.01. The minimum absolute atomic E-state index is 0.102. The van der Waals surface area contributed by atoms with Crippen molar-refractivity contribution in [1.82, 2.24) is 4.90 Å². The van der Waals surface area contributed by atoms with Gasteiger partial charge in [-0.1, -0.05) is 55.5 Å². The van der Waals surface area contributed by atoms with Crippen molar-refractivity contribution < 1.29 is 13.8 Å². The summed E-state index contributed by atoms with van der Waals surface area (Å²) in [4.78, 5) is 27.1. The van der Waals surface area contributed by atoms with Crippen LogP contribution in [0, 0.1) is 0 Å². The predicted octanol–water partition coefficient (Wildman–Crippen LogP) is 3.68. The van der Waals surface area contributed by atoms with Gasteiger partial charge in [-0.25, -0.2) is 0 Å². The highest BCUT2D eigenvalue weighted by atomic mass is 32.2. The van der Waals surface area contributed by atoms with Crippen LogP contribution in [0.3, 0.4) is 0 Å². The van der Waals surface area contributed by atoms with Crippen molar-refractivity contribution in [3.05, 3.63) is 72.3 Å². The molecule has 0 aliphatic carbocycles. The van der Waals surface area contributed by atoms with Gasteiger partial charge in [0.25, 0.3) is 5.91 Å². The molecule has 1 unspecified atom stereocenters. The van der Waals surface area contributed by atoms with Gasteiger partial charge < -0.3 is 10.2 Å². The third kappa shape index (κ3) is 4.28. The molecule has 0 spiro atoms. The highest BCUT2D eigenvalue weighted by Gasteiger charge is 2.20. The van der Waals surface area contributed by atoms with Crippen LogP contribution in [0.1, 0.15) is 17.3 Å². The van der Waals surface area contributed by atoms with Gasteiger partial charge in [0.15, 0.2) is 0 Å². The minimum atomic E-state index is -1.25. The molecule has 0 radical (unpaired) electrons. The van der Waals surface area contributed by atoms with Crippen LogP contribution < -0.4 is 5.32 Å². The first kappa shape index (κ1) is 19.8. The van der Waals surface area contributed by atoms with E-state index in [1.54, 1.807) is 38.2 Å². The molecule has 3 aromatic rings. The van der Waals surface area contributed by atoms with Crippen molar-refractivity contribution in [3.63, 3.8) is 0 Å². The molecule has 6 heteroatoms. The largest absolute Gasteiger partial charge is 0.332 e. The summed E-state index contributed by atoms with van der Waals surface area (Å²) in [5, 5.41) is 4.85. The van der Waals surface area contributed by atoms with Gasteiger partial charge in [0.2, 0.25) is 5.91 Å². The average molecular weight is 394 g/mol. The molecule has 3 aromatic carbocycles. The monoisotopic (exact) mass is 394 g/mol. The summed E-state index contributed by atoms with van der Waals surface area (Å²) in [6, 6.07) is 20.3. The summed E-state index contributed by atoms with van der Waals surface area (Å²) < 4.78 is 12.2. The molecule has 0 aliphatic rings. The zero-order valence-electron chi connectivity index (χ0n) is 15.8. The van der Waals surface area contributed by atoms with Crippen LogP contribution in [-0.4, -0.2) is 40.3 Å². The molecule has 28 heavy (non-hydrogen) atoms. The number of amides is 2. The lowest BCUT2D eigenvalue weighted by molar-refractivity contribution is -0.116. The number of hydrogen-bond acceptors (Lipinski definition) is 3. The third-order valence-electron chi connectivity index (χ3n) is 4.42. The fourth-order valence-electron chi connectivity index (χ4n) is 3.01. The number of fused-ring (bicyclic) bond motifs is 1. The quantitative estimate of drug-likeness (QED) is 0.694. The molecule has 0 saturated carbocycles. The molecule has 2 amide bonds. The Morgan fingerprint density at radius 1 is 0.964 bits per heavy atom. The van der Waals surface area contributed by atoms with Gasteiger partial charge in [-0.3, -0.25) is 13.8 Å². The Bertz CT molecular complexity index is 1040. The van der Waals surface area contributed by atoms with E-state index in [1.807, 2.05) is 42.5 Å². The lowest BCUT2D eigenvalue weighted by Gasteiger charge is -2.19. The Morgan fingerprint density at radius 2 is 1.64 bits per heavy atom. The molecule has 0 aliphatic heterocycles. The molecule has 0 heterocycles. The zero-order valence-corrected chi connectivity index (χ0v) is 16.7. The maximum atomic E-state index is 12.8. The molecule has 0 bridgehead atoms. The summed E-state index contributed by atoms with van der Waals surface area (Å²) in [6.07, 6.45) is 0. The van der Waals surface area contributed by atoms with E-state index < -0.39 is 10.8 Å². The van der Waals surface area contributed by atoms with Gasteiger partial charge >= 0.3 is 0 Å². The van der Waals surface area contributed by atoms with Crippen molar-refractivity contribution >= 4 is 39.1 Å². The van der Waals surface area contributed by atoms with Crippen LogP contribution in [0.2, 0.25) is 0 Å². The van der Waals surface area contributed by atoms with Crippen LogP contribution in [0.5, 0.6) is 0 Å². The van der Waals surface area contributed by atoms with Crippen LogP contribution in [0.15, 0.2) is 71.6 Å². The van der Waals surface area contributed by atoms with Crippen molar-refractivity contribution in [2.45, 2.75) is 11.8 Å². The Kier molecular flexibility index (Phi) is 6.21. The van der Waals surface area contributed by atoms with Crippen LogP contribution in [0.25, 0.3) is 10.8 Å². The SMILES string of the molecule is CCS(=O)c1ccccc1C(=O)N(C)CC(=O)Nc1cccc2ccccc12. The highest BCUT2D eigenvalue weighted by molar-refractivity contribution is 7.85. The average Bonchev–Trinajstić information content (AvgIpc) is 2.72. The fourth-order valence-corrected chi connectivity index (χ4v) is 3.96. The molecule has 1 atom stereocenters. The van der Waals surface area contributed by atoms with E-state index in [4.69, 9.17) is 0 Å². The van der Waals surface area contributed by atoms with E-state index in [0.717, 1.165) is 10.8 Å². The van der Waals surface area contributed by atoms with Gasteiger partial charge in [-0.2, -0.15) is 0 Å². The van der Waals surface area contributed by atoms with E-state index in [0.29, 0.717) is 21.9 Å². The van der Waals surface area contributed by atoms with E-state index in [-0.39, 0.29) is 18.4 Å². The van der Waals surface area contributed by atoms with Gasteiger partial charge in [0.1, 0.15) is 0 Å². The number of carbonyl (C=O) groups is 2. The second-order valence-corrected chi connectivity index (χ2v) is 8.07. The lowest BCUT2D eigenvalue weighted by Crippen LogP contribution is -2.35. The number of benzene rings is 3. The fraction of sp³-hybridized carbons (Fsp3) is 0.182. The molecule has 0 saturated heterocycles. The van der Waals surface area contributed by atoms with Crippen molar-refractivity contribution in [1.29, 1.82) is 0 Å². The number of rotatable bonds is 6. The van der Waals surface area contributed by atoms with Crippen LogP contribution in [0.4, 0.5) is 5.69 Å². The van der Waals surface area contributed by atoms with E-state index in [2.05, 4.69) is 5.32 Å². The molecule has 0 fully saturated rings. The zero-order chi connectivity index (χ0) is 20.1. The summed E-state index contributed by atoms with van der Waals surface area (Å²) >= 11 is 0. The van der Waals surface area contributed by atoms with Crippen LogP contribution in [-0.2, 0) is 15.6 Å². The van der Waals surface area contributed by atoms with E-state index in [1.165, 1.54) is 4.90 Å². The van der Waals surface area contributed by atoms with Crippen molar-refractivity contribution in [2.24, 2.45) is 0 Å². The Labute approximate surface area is 166 Å². The summed E-state index contributed by atoms with van der Waals surface area (Å²) in [5.74, 6) is -0.193. The molecular formula is C22H22N2O3S. The van der Waals surface area contributed by atoms with Crippen molar-refractivity contribution in [3.8, 4) is 0 Å². The number of carbonyl (C=O) groups excluding carboxylic acids is 2. The maximum Gasteiger partial charge on any atom is 0.255 e. The van der Waals surface area contributed by atoms with Gasteiger partial charge in [0, 0.05) is 23.9 Å². The molecule has 1 N–H and O–H groups in total. The standard InChI is InChI=1S/C22H22N2O3S/c1-3-28(27)20-14-7-6-12-18(20)22(26)24(2)15-21(25)23-19-13-8-10-16-9-4-5-11-17(16)19/h4-14H,3,15H2,1-2H3,(H,23,25). The summed E-state index contributed by atoms with van der Waals surface area (Å²) in [5.41, 5.74) is 1.07. The number of nitrogens with one attached hydrogen (secondary N) is 1. The van der Waals surface area contributed by atoms with Crippen molar-refractivity contribution in [2.75, 3.05) is 24.7 Å². The number of nitrogens with zero attached hydrogens (tertiary/aromatic N) is 1. The smallest absolute Gasteiger partial charge is 0.255 e. The predicted molar refractivity (Wildman–Crippen MR) is 113 cm³/mol. The number of likely N-dealkylation sites (N-methyl/N-ethyl adjacent to an activating group) is 1. The van der Waals surface area contributed by atoms with E-state index >= 15 is 0 Å². The molecule has 0 aromatic heterocycles. The summed E-state index contributed by atoms with van der Waals surface area (Å²) in [6.45, 7) is 1.70. The van der Waals surface area contributed by atoms with Crippen LogP contribution >= 0.6 is 0 Å². The topological polar surface area (TPSA) is 66.5 Å². The normalized spacial score (nSPS) is 11.8. The Balaban J connectivity index is 1.74. The first-order valence-corrected chi connectivity index (χ1v) is 10.3. The van der Waals surface area contributed by atoms with Gasteiger partial charge in [-0.15, -0.1) is 0 Å². The van der Waals surface area contributed by atoms with Gasteiger partial charge in [0.05, 0.1) is 27.8 Å². The molecular weight excluding hydrogens is 372 g/mol. The van der Waals surface area contributed by atoms with E-state index in [9.17, 15) is 13.8 Å². The number of hydrogen-bond donors (Lipinski definition) is 1. The highest BCUT2D eigenvalue weighted by Crippen LogP contribution is 2.23. The molecule has 144 valence electrons. The summed E-state index contributed by atoms with van der Waals surface area (Å²) in [7, 11) is 0.319. The molecule has 3 rings (SSSR count). The number of anilines is 1. The van der Waals surface area contributed by atoms with Gasteiger partial charge in [-0.05, 0) is 23.6 Å². The maximum absolute atomic E-state index is 12.8. The second kappa shape index (κ2) is 8.80. The minimum Gasteiger partial charge on any atom is -0.332 e. The Morgan fingerprint density at radius 3 is 2.43 bits per heavy atom. The second-order valence-electron chi connectivity index (χ2n) is 6.37. The molecule has 5 nitrogen and oxygen atoms in total. The Hall–Kier alpha value is -2.99.